The molecule has 0 spiro atoms. The topological polar surface area (TPSA) is 74.7 Å². The first-order valence-electron chi connectivity index (χ1n) is 8.61. The highest BCUT2D eigenvalue weighted by Crippen LogP contribution is 2.35. The Bertz CT molecular complexity index is 1040. The number of amides is 1. The van der Waals surface area contributed by atoms with Crippen molar-refractivity contribution in [3.63, 3.8) is 0 Å². The molecule has 0 aliphatic heterocycles. The van der Waals surface area contributed by atoms with Crippen molar-refractivity contribution in [2.75, 3.05) is 10.2 Å². The predicted octanol–water partition coefficient (Wildman–Crippen LogP) is 4.27. The highest BCUT2D eigenvalue weighted by atomic mass is 79.9. The third-order valence-electron chi connectivity index (χ3n) is 4.28. The third-order valence-corrected chi connectivity index (χ3v) is 5.36. The van der Waals surface area contributed by atoms with E-state index in [1.54, 1.807) is 36.4 Å². The maximum absolute atomic E-state index is 12.2. The quantitative estimate of drug-likeness (QED) is 0.403. The number of hydrogen-bond acceptors (Lipinski definition) is 3. The molecular weight excluding hydrogens is 442 g/mol. The van der Waals surface area contributed by atoms with Gasteiger partial charge in [-0.1, -0.05) is 66.8 Å². The standard InChI is InChI=1S/C21H22BrNO4S/c1-14-10-11-17(19(28(26)27)18(14)21(2,3)4)23(20(24)25)16-9-5-7-15(13-16)8-6-12-22/h5,7,9-11,13,17H,12H2,1-4H3,(H,24,25). The lowest BCUT2D eigenvalue weighted by molar-refractivity contribution is 0.201. The van der Waals surface area contributed by atoms with Crippen LogP contribution in [-0.4, -0.2) is 35.9 Å². The molecule has 0 bridgehead atoms. The summed E-state index contributed by atoms with van der Waals surface area (Å²) in [5.74, 6) is 5.81. The Morgan fingerprint density at radius 3 is 2.54 bits per heavy atom. The number of halogens is 1. The Morgan fingerprint density at radius 1 is 1.32 bits per heavy atom. The third kappa shape index (κ3) is 4.75. The molecule has 5 nitrogen and oxygen atoms in total. The zero-order valence-corrected chi connectivity index (χ0v) is 18.6. The first-order chi connectivity index (χ1) is 13.1. The van der Waals surface area contributed by atoms with Crippen LogP contribution in [0.3, 0.4) is 0 Å². The number of alkyl halides is 1. The van der Waals surface area contributed by atoms with Crippen molar-refractivity contribution in [1.82, 2.24) is 0 Å². The van der Waals surface area contributed by atoms with Gasteiger partial charge >= 0.3 is 6.09 Å². The van der Waals surface area contributed by atoms with Gasteiger partial charge in [0.25, 0.3) is 0 Å². The second-order valence-corrected chi connectivity index (χ2v) is 8.82. The van der Waals surface area contributed by atoms with E-state index in [0.717, 1.165) is 10.5 Å². The van der Waals surface area contributed by atoms with Crippen molar-refractivity contribution in [1.29, 1.82) is 0 Å². The van der Waals surface area contributed by atoms with Crippen molar-refractivity contribution in [3.8, 4) is 11.8 Å². The monoisotopic (exact) mass is 463 g/mol. The highest BCUT2D eigenvalue weighted by molar-refractivity contribution is 9.09. The number of rotatable bonds is 2. The summed E-state index contributed by atoms with van der Waals surface area (Å²) >= 11 is 3.23. The van der Waals surface area contributed by atoms with Crippen LogP contribution in [0.25, 0.3) is 0 Å². The Kier molecular flexibility index (Phi) is 6.91. The summed E-state index contributed by atoms with van der Waals surface area (Å²) in [6.07, 6.45) is 2.16. The van der Waals surface area contributed by atoms with Gasteiger partial charge in [0.05, 0.1) is 11.4 Å². The molecule has 0 saturated carbocycles. The maximum atomic E-state index is 12.2. The first kappa shape index (κ1) is 22.0. The van der Waals surface area contributed by atoms with Crippen LogP contribution in [-0.2, 0) is 10.3 Å². The van der Waals surface area contributed by atoms with Crippen molar-refractivity contribution in [2.24, 2.45) is 5.41 Å². The van der Waals surface area contributed by atoms with Crippen LogP contribution >= 0.6 is 15.9 Å². The van der Waals surface area contributed by atoms with Gasteiger partial charge in [-0.2, -0.15) is 8.42 Å². The summed E-state index contributed by atoms with van der Waals surface area (Å²) < 4.78 is 24.4. The molecule has 7 heteroatoms. The highest BCUT2D eigenvalue weighted by Gasteiger charge is 2.37. The van der Waals surface area contributed by atoms with E-state index < -0.39 is 27.8 Å². The number of anilines is 1. The minimum absolute atomic E-state index is 0.0758. The van der Waals surface area contributed by atoms with E-state index >= 15 is 0 Å². The molecule has 28 heavy (non-hydrogen) atoms. The minimum atomic E-state index is -2.58. The average molecular weight is 464 g/mol. The van der Waals surface area contributed by atoms with Gasteiger partial charge in [-0.05, 0) is 41.7 Å². The summed E-state index contributed by atoms with van der Waals surface area (Å²) in [7, 11) is -2.58. The number of allylic oxidation sites excluding steroid dienone is 2. The fourth-order valence-electron chi connectivity index (χ4n) is 3.35. The number of benzene rings is 1. The Balaban J connectivity index is 2.67. The van der Waals surface area contributed by atoms with Gasteiger partial charge in [0, 0.05) is 11.3 Å². The minimum Gasteiger partial charge on any atom is -0.465 e. The van der Waals surface area contributed by atoms with Crippen LogP contribution in [0.5, 0.6) is 0 Å². The molecule has 2 rings (SSSR count). The molecule has 1 aliphatic carbocycles. The zero-order valence-electron chi connectivity index (χ0n) is 16.2. The second kappa shape index (κ2) is 8.80. The van der Waals surface area contributed by atoms with E-state index in [1.807, 2.05) is 27.7 Å². The molecule has 1 N–H and O–H groups in total. The van der Waals surface area contributed by atoms with E-state index in [2.05, 4.69) is 27.8 Å². The van der Waals surface area contributed by atoms with Gasteiger partial charge in [-0.25, -0.2) is 4.79 Å². The van der Waals surface area contributed by atoms with Crippen molar-refractivity contribution in [3.05, 3.63) is 53.1 Å². The van der Waals surface area contributed by atoms with Gasteiger partial charge in [-0.15, -0.1) is 0 Å². The summed E-state index contributed by atoms with van der Waals surface area (Å²) in [5, 5.41) is 10.4. The fourth-order valence-corrected chi connectivity index (χ4v) is 4.51. The smallest absolute Gasteiger partial charge is 0.412 e. The van der Waals surface area contributed by atoms with Crippen LogP contribution in [0, 0.1) is 17.3 Å². The molecule has 1 atom stereocenters. The molecule has 0 radical (unpaired) electrons. The number of carboxylic acid groups (broad SMARTS) is 1. The van der Waals surface area contributed by atoms with E-state index in [9.17, 15) is 18.3 Å². The second-order valence-electron chi connectivity index (χ2n) is 7.35. The van der Waals surface area contributed by atoms with Crippen LogP contribution < -0.4 is 4.90 Å². The summed E-state index contributed by atoms with van der Waals surface area (Å²) in [4.78, 5) is 13.3. The van der Waals surface area contributed by atoms with Gasteiger partial charge in [0.2, 0.25) is 10.3 Å². The molecule has 1 aromatic carbocycles. The maximum Gasteiger partial charge on any atom is 0.412 e. The van der Waals surface area contributed by atoms with E-state index in [1.165, 1.54) is 0 Å². The molecule has 148 valence electrons. The lowest BCUT2D eigenvalue weighted by atomic mass is 9.77. The van der Waals surface area contributed by atoms with Crippen molar-refractivity contribution >= 4 is 42.9 Å². The molecule has 1 amide bonds. The van der Waals surface area contributed by atoms with Crippen LogP contribution in [0.1, 0.15) is 33.3 Å². The van der Waals surface area contributed by atoms with Crippen molar-refractivity contribution < 1.29 is 18.3 Å². The summed E-state index contributed by atoms with van der Waals surface area (Å²) in [6, 6.07) is 5.81. The summed E-state index contributed by atoms with van der Waals surface area (Å²) in [6.45, 7) is 7.57. The SMILES string of the molecule is CC1=C(C(C)(C)C)C(=S(=O)=O)C(N(C(=O)O)c2cccc(C#CCBr)c2)C=C1. The van der Waals surface area contributed by atoms with Gasteiger partial charge in [0.1, 0.15) is 4.86 Å². The molecule has 1 aliphatic rings. The van der Waals surface area contributed by atoms with E-state index in [0.29, 0.717) is 22.2 Å². The van der Waals surface area contributed by atoms with Gasteiger partial charge < -0.3 is 5.11 Å². The number of hydrogen-bond donors (Lipinski definition) is 1. The molecule has 0 fully saturated rings. The first-order valence-corrected chi connectivity index (χ1v) is 10.8. The number of nitrogens with zero attached hydrogens (tertiary/aromatic N) is 1. The van der Waals surface area contributed by atoms with Crippen LogP contribution in [0.4, 0.5) is 10.5 Å². The largest absolute Gasteiger partial charge is 0.465 e. The normalized spacial score (nSPS) is 16.5. The Morgan fingerprint density at radius 2 is 2.00 bits per heavy atom. The molecule has 1 unspecified atom stereocenters. The van der Waals surface area contributed by atoms with Gasteiger partial charge in [-0.3, -0.25) is 4.90 Å². The van der Waals surface area contributed by atoms with Crippen LogP contribution in [0.15, 0.2) is 47.6 Å². The predicted molar refractivity (Wildman–Crippen MR) is 117 cm³/mol. The molecular formula is C21H22BrNO4S. The van der Waals surface area contributed by atoms with E-state index in [-0.39, 0.29) is 4.86 Å². The Hall–Kier alpha value is -2.30. The van der Waals surface area contributed by atoms with Crippen LogP contribution in [0.2, 0.25) is 0 Å². The Labute approximate surface area is 175 Å². The lowest BCUT2D eigenvalue weighted by Gasteiger charge is -2.35. The zero-order chi connectivity index (χ0) is 21.1. The molecule has 0 heterocycles. The number of carbonyl (C=O) groups is 1. The lowest BCUT2D eigenvalue weighted by Crippen LogP contribution is -2.47. The molecule has 0 saturated heterocycles. The van der Waals surface area contributed by atoms with E-state index in [4.69, 9.17) is 0 Å². The summed E-state index contributed by atoms with van der Waals surface area (Å²) in [5.41, 5.74) is 1.99. The molecule has 0 aromatic heterocycles. The molecule has 1 aromatic rings. The van der Waals surface area contributed by atoms with Crippen molar-refractivity contribution in [2.45, 2.75) is 33.7 Å². The fraction of sp³-hybridized carbons (Fsp3) is 0.333. The van der Waals surface area contributed by atoms with Gasteiger partial charge in [0.15, 0.2) is 0 Å². The average Bonchev–Trinajstić information content (AvgIpc) is 2.60.